The van der Waals surface area contributed by atoms with Gasteiger partial charge in [0.1, 0.15) is 5.82 Å². The highest BCUT2D eigenvalue weighted by Gasteiger charge is 2.11. The number of rotatable bonds is 4. The zero-order chi connectivity index (χ0) is 15.5. The fraction of sp³-hybridized carbons (Fsp3) is 0.111. The molecule has 0 aliphatic rings. The second-order valence-corrected chi connectivity index (χ2v) is 5.05. The van der Waals surface area contributed by atoms with Crippen molar-refractivity contribution in [1.29, 1.82) is 0 Å². The Kier molecular flexibility index (Phi) is 3.74. The first-order valence-corrected chi connectivity index (χ1v) is 7.16. The summed E-state index contributed by atoms with van der Waals surface area (Å²) in [7, 11) is 0. The lowest BCUT2D eigenvalue weighted by atomic mass is 10.1. The lowest BCUT2D eigenvalue weighted by Crippen LogP contribution is -2.02. The van der Waals surface area contributed by atoms with Gasteiger partial charge in [0.2, 0.25) is 0 Å². The maximum absolute atomic E-state index is 11.4. The van der Waals surface area contributed by atoms with Crippen LogP contribution in [0, 0.1) is 0 Å². The summed E-state index contributed by atoms with van der Waals surface area (Å²) in [5.74, 6) is -0.427. The monoisotopic (exact) mass is 292 g/mol. The van der Waals surface area contributed by atoms with Crippen molar-refractivity contribution in [3.63, 3.8) is 0 Å². The highest BCUT2D eigenvalue weighted by Crippen LogP contribution is 2.23. The van der Waals surface area contributed by atoms with E-state index < -0.39 is 5.97 Å². The van der Waals surface area contributed by atoms with E-state index >= 15 is 0 Å². The maximum Gasteiger partial charge on any atom is 0.336 e. The van der Waals surface area contributed by atoms with Crippen LogP contribution in [-0.4, -0.2) is 16.1 Å². The van der Waals surface area contributed by atoms with Crippen LogP contribution in [0.1, 0.15) is 22.8 Å². The summed E-state index contributed by atoms with van der Waals surface area (Å²) in [6.07, 6.45) is 0.984. The molecule has 0 aliphatic carbocycles. The molecule has 1 aromatic heterocycles. The third-order valence-electron chi connectivity index (χ3n) is 3.58. The zero-order valence-electron chi connectivity index (χ0n) is 12.2. The standard InChI is InChI=1S/C18H16N2O2/c1-2-12-7-9-13(10-8-12)19-17-11-15(18(21)22)14-5-3-4-6-16(14)20-17/h3-11H,2H2,1H3,(H,19,20)(H,21,22). The molecule has 4 heteroatoms. The largest absolute Gasteiger partial charge is 0.478 e. The number of hydrogen-bond acceptors (Lipinski definition) is 3. The molecule has 110 valence electrons. The van der Waals surface area contributed by atoms with Crippen molar-refractivity contribution in [2.45, 2.75) is 13.3 Å². The molecule has 0 saturated heterocycles. The van der Waals surface area contributed by atoms with Gasteiger partial charge in [-0.05, 0) is 36.2 Å². The molecule has 0 bridgehead atoms. The number of para-hydroxylation sites is 1. The van der Waals surface area contributed by atoms with Crippen molar-refractivity contribution in [1.82, 2.24) is 4.98 Å². The number of carboxylic acid groups (broad SMARTS) is 1. The summed E-state index contributed by atoms with van der Waals surface area (Å²) in [6.45, 7) is 2.10. The average Bonchev–Trinajstić information content (AvgIpc) is 2.54. The summed E-state index contributed by atoms with van der Waals surface area (Å²) >= 11 is 0. The van der Waals surface area contributed by atoms with Crippen LogP contribution in [0.5, 0.6) is 0 Å². The van der Waals surface area contributed by atoms with Crippen molar-refractivity contribution in [3.8, 4) is 0 Å². The summed E-state index contributed by atoms with van der Waals surface area (Å²) in [5, 5.41) is 13.2. The first-order chi connectivity index (χ1) is 10.7. The normalized spacial score (nSPS) is 10.6. The molecule has 22 heavy (non-hydrogen) atoms. The Morgan fingerprint density at radius 2 is 1.86 bits per heavy atom. The fourth-order valence-electron chi connectivity index (χ4n) is 2.39. The summed E-state index contributed by atoms with van der Waals surface area (Å²) in [5.41, 5.74) is 3.05. The third-order valence-corrected chi connectivity index (χ3v) is 3.58. The minimum absolute atomic E-state index is 0.248. The highest BCUT2D eigenvalue weighted by molar-refractivity contribution is 6.03. The van der Waals surface area contributed by atoms with E-state index in [0.717, 1.165) is 12.1 Å². The van der Waals surface area contributed by atoms with E-state index in [4.69, 9.17) is 0 Å². The molecule has 0 radical (unpaired) electrons. The average molecular weight is 292 g/mol. The number of carbonyl (C=O) groups is 1. The van der Waals surface area contributed by atoms with Gasteiger partial charge in [-0.15, -0.1) is 0 Å². The van der Waals surface area contributed by atoms with Gasteiger partial charge >= 0.3 is 5.97 Å². The lowest BCUT2D eigenvalue weighted by Gasteiger charge is -2.09. The Bertz CT molecular complexity index is 826. The van der Waals surface area contributed by atoms with Crippen LogP contribution < -0.4 is 5.32 Å². The van der Waals surface area contributed by atoms with E-state index in [1.54, 1.807) is 12.1 Å². The summed E-state index contributed by atoms with van der Waals surface area (Å²) < 4.78 is 0. The van der Waals surface area contributed by atoms with Crippen molar-refractivity contribution in [2.24, 2.45) is 0 Å². The van der Waals surface area contributed by atoms with Gasteiger partial charge in [-0.1, -0.05) is 37.3 Å². The van der Waals surface area contributed by atoms with Crippen molar-refractivity contribution in [2.75, 3.05) is 5.32 Å². The number of nitrogens with zero attached hydrogens (tertiary/aromatic N) is 1. The lowest BCUT2D eigenvalue weighted by molar-refractivity contribution is 0.0699. The zero-order valence-corrected chi connectivity index (χ0v) is 12.2. The number of anilines is 2. The minimum atomic E-state index is -0.956. The van der Waals surface area contributed by atoms with Crippen molar-refractivity contribution >= 4 is 28.4 Å². The van der Waals surface area contributed by atoms with E-state index in [-0.39, 0.29) is 5.56 Å². The molecule has 0 amide bonds. The molecule has 0 fully saturated rings. The molecule has 3 rings (SSSR count). The number of aromatic nitrogens is 1. The number of benzene rings is 2. The first-order valence-electron chi connectivity index (χ1n) is 7.16. The molecule has 0 spiro atoms. The Balaban J connectivity index is 2.01. The van der Waals surface area contributed by atoms with Gasteiger partial charge in [0.05, 0.1) is 11.1 Å². The van der Waals surface area contributed by atoms with Gasteiger partial charge in [0, 0.05) is 11.1 Å². The Morgan fingerprint density at radius 1 is 1.14 bits per heavy atom. The fourth-order valence-corrected chi connectivity index (χ4v) is 2.39. The molecule has 0 aliphatic heterocycles. The number of nitrogens with one attached hydrogen (secondary N) is 1. The minimum Gasteiger partial charge on any atom is -0.478 e. The second kappa shape index (κ2) is 5.85. The Hall–Kier alpha value is -2.88. The molecule has 2 N–H and O–H groups in total. The van der Waals surface area contributed by atoms with Crippen LogP contribution in [0.25, 0.3) is 10.9 Å². The Labute approximate surface area is 128 Å². The van der Waals surface area contributed by atoms with Crippen LogP contribution in [0.2, 0.25) is 0 Å². The summed E-state index contributed by atoms with van der Waals surface area (Å²) in [6, 6.07) is 16.8. The topological polar surface area (TPSA) is 62.2 Å². The van der Waals surface area contributed by atoms with Crippen molar-refractivity contribution < 1.29 is 9.90 Å². The van der Waals surface area contributed by atoms with Gasteiger partial charge in [-0.2, -0.15) is 0 Å². The number of pyridine rings is 1. The number of hydrogen-bond donors (Lipinski definition) is 2. The van der Waals surface area contributed by atoms with E-state index in [0.29, 0.717) is 16.7 Å². The van der Waals surface area contributed by atoms with Crippen LogP contribution in [-0.2, 0) is 6.42 Å². The first kappa shape index (κ1) is 14.1. The molecule has 2 aromatic carbocycles. The van der Waals surface area contributed by atoms with E-state index in [1.807, 2.05) is 42.5 Å². The maximum atomic E-state index is 11.4. The van der Waals surface area contributed by atoms with Crippen LogP contribution in [0.3, 0.4) is 0 Å². The number of carboxylic acids is 1. The molecular formula is C18H16N2O2. The van der Waals surface area contributed by atoms with E-state index in [1.165, 1.54) is 5.56 Å². The van der Waals surface area contributed by atoms with Gasteiger partial charge in [0.15, 0.2) is 0 Å². The smallest absolute Gasteiger partial charge is 0.336 e. The molecule has 0 unspecified atom stereocenters. The molecular weight excluding hydrogens is 276 g/mol. The SMILES string of the molecule is CCc1ccc(Nc2cc(C(=O)O)c3ccccc3n2)cc1. The Morgan fingerprint density at radius 3 is 2.55 bits per heavy atom. The third kappa shape index (κ3) is 2.76. The second-order valence-electron chi connectivity index (χ2n) is 5.05. The van der Waals surface area contributed by atoms with Gasteiger partial charge in [-0.25, -0.2) is 9.78 Å². The quantitative estimate of drug-likeness (QED) is 0.755. The number of aryl methyl sites for hydroxylation is 1. The predicted molar refractivity (Wildman–Crippen MR) is 87.8 cm³/mol. The van der Waals surface area contributed by atoms with Crippen molar-refractivity contribution in [3.05, 3.63) is 65.7 Å². The van der Waals surface area contributed by atoms with E-state index in [9.17, 15) is 9.90 Å². The highest BCUT2D eigenvalue weighted by atomic mass is 16.4. The van der Waals surface area contributed by atoms with Crippen LogP contribution in [0.15, 0.2) is 54.6 Å². The number of aromatic carboxylic acids is 1. The van der Waals surface area contributed by atoms with Crippen LogP contribution >= 0.6 is 0 Å². The van der Waals surface area contributed by atoms with Gasteiger partial charge in [0.25, 0.3) is 0 Å². The molecule has 4 nitrogen and oxygen atoms in total. The molecule has 0 atom stereocenters. The van der Waals surface area contributed by atoms with Gasteiger partial charge in [-0.3, -0.25) is 0 Å². The predicted octanol–water partition coefficient (Wildman–Crippen LogP) is 4.24. The molecule has 1 heterocycles. The number of fused-ring (bicyclic) bond motifs is 1. The summed E-state index contributed by atoms with van der Waals surface area (Å²) in [4.78, 5) is 15.9. The molecule has 3 aromatic rings. The van der Waals surface area contributed by atoms with E-state index in [2.05, 4.69) is 17.2 Å². The van der Waals surface area contributed by atoms with Gasteiger partial charge < -0.3 is 10.4 Å². The van der Waals surface area contributed by atoms with Crippen LogP contribution in [0.4, 0.5) is 11.5 Å². The molecule has 0 saturated carbocycles.